The molecule has 1 rings (SSSR count). The highest BCUT2D eigenvalue weighted by Gasteiger charge is 2.23. The molecule has 5 nitrogen and oxygen atoms in total. The normalized spacial score (nSPS) is 11.9. The molecule has 5 heteroatoms. The molecule has 0 saturated heterocycles. The number of para-hydroxylation sites is 1. The number of carboxylic acids is 1. The Morgan fingerprint density at radius 2 is 2.00 bits per heavy atom. The molecule has 0 aliphatic rings. The van der Waals surface area contributed by atoms with Crippen LogP contribution in [-0.2, 0) is 9.59 Å². The zero-order valence-corrected chi connectivity index (χ0v) is 12.2. The van der Waals surface area contributed by atoms with E-state index in [4.69, 9.17) is 5.11 Å². The number of nitrogens with one attached hydrogen (secondary N) is 1. The Balaban J connectivity index is 2.99. The van der Waals surface area contributed by atoms with Crippen molar-refractivity contribution >= 4 is 17.6 Å². The summed E-state index contributed by atoms with van der Waals surface area (Å²) < 4.78 is 0. The van der Waals surface area contributed by atoms with Crippen LogP contribution in [-0.4, -0.2) is 37.1 Å². The number of benzene rings is 1. The van der Waals surface area contributed by atoms with Gasteiger partial charge in [0.25, 0.3) is 0 Å². The van der Waals surface area contributed by atoms with Gasteiger partial charge in [0.05, 0.1) is 6.42 Å². The number of anilines is 1. The smallest absolute Gasteiger partial charge is 0.305 e. The van der Waals surface area contributed by atoms with Gasteiger partial charge in [-0.2, -0.15) is 0 Å². The second-order valence-corrected chi connectivity index (χ2v) is 4.88. The van der Waals surface area contributed by atoms with E-state index in [0.29, 0.717) is 6.54 Å². The number of amides is 1. The van der Waals surface area contributed by atoms with Crippen LogP contribution in [0.4, 0.5) is 5.69 Å². The molecule has 20 heavy (non-hydrogen) atoms. The van der Waals surface area contributed by atoms with Crippen molar-refractivity contribution in [3.8, 4) is 0 Å². The van der Waals surface area contributed by atoms with Gasteiger partial charge in [-0.15, -0.1) is 0 Å². The Morgan fingerprint density at radius 3 is 2.55 bits per heavy atom. The lowest BCUT2D eigenvalue weighted by molar-refractivity contribution is -0.136. The largest absolute Gasteiger partial charge is 0.481 e. The summed E-state index contributed by atoms with van der Waals surface area (Å²) in [5, 5.41) is 11.8. The second kappa shape index (κ2) is 7.65. The minimum atomic E-state index is -0.905. The lowest BCUT2D eigenvalue weighted by Crippen LogP contribution is -2.40. The van der Waals surface area contributed by atoms with E-state index in [9.17, 15) is 9.59 Å². The monoisotopic (exact) mass is 278 g/mol. The van der Waals surface area contributed by atoms with E-state index in [0.717, 1.165) is 11.3 Å². The van der Waals surface area contributed by atoms with Gasteiger partial charge in [-0.3, -0.25) is 9.59 Å². The third-order valence-electron chi connectivity index (χ3n) is 3.15. The number of carbonyl (C=O) groups excluding carboxylic acids is 1. The molecule has 0 heterocycles. The molecule has 1 aromatic rings. The van der Waals surface area contributed by atoms with Crippen molar-refractivity contribution in [2.45, 2.75) is 20.3 Å². The molecular formula is C15H22N2O3. The lowest BCUT2D eigenvalue weighted by Gasteiger charge is -2.27. The van der Waals surface area contributed by atoms with E-state index < -0.39 is 5.97 Å². The predicted molar refractivity (Wildman–Crippen MR) is 78.9 cm³/mol. The number of nitrogens with zero attached hydrogens (tertiary/aromatic N) is 1. The molecular weight excluding hydrogens is 256 g/mol. The number of aryl methyl sites for hydroxylation is 1. The highest BCUT2D eigenvalue weighted by Crippen LogP contribution is 2.21. The number of hydrogen-bond acceptors (Lipinski definition) is 3. The van der Waals surface area contributed by atoms with Gasteiger partial charge in [-0.25, -0.2) is 0 Å². The molecule has 1 amide bonds. The van der Waals surface area contributed by atoms with E-state index in [1.165, 1.54) is 0 Å². The molecule has 1 aromatic carbocycles. The van der Waals surface area contributed by atoms with Gasteiger partial charge in [0.15, 0.2) is 0 Å². The van der Waals surface area contributed by atoms with Crippen molar-refractivity contribution in [1.29, 1.82) is 0 Å². The van der Waals surface area contributed by atoms with Crippen molar-refractivity contribution in [1.82, 2.24) is 5.32 Å². The Hall–Kier alpha value is -1.88. The molecule has 0 radical (unpaired) electrons. The predicted octanol–water partition coefficient (Wildman–Crippen LogP) is 1.66. The Kier molecular flexibility index (Phi) is 6.18. The Bertz CT molecular complexity index is 474. The summed E-state index contributed by atoms with van der Waals surface area (Å²) in [7, 11) is 1.79. The average molecular weight is 278 g/mol. The summed E-state index contributed by atoms with van der Waals surface area (Å²) in [6.45, 7) is 4.51. The van der Waals surface area contributed by atoms with E-state index in [2.05, 4.69) is 5.32 Å². The highest BCUT2D eigenvalue weighted by atomic mass is 16.4. The van der Waals surface area contributed by atoms with Gasteiger partial charge in [-0.1, -0.05) is 25.1 Å². The van der Waals surface area contributed by atoms with Gasteiger partial charge in [0.1, 0.15) is 0 Å². The molecule has 1 atom stereocenters. The van der Waals surface area contributed by atoms with Crippen LogP contribution in [0.1, 0.15) is 18.9 Å². The first-order valence-corrected chi connectivity index (χ1v) is 6.70. The van der Waals surface area contributed by atoms with Crippen molar-refractivity contribution in [3.05, 3.63) is 29.8 Å². The first kappa shape index (κ1) is 16.2. The molecule has 0 fully saturated rings. The highest BCUT2D eigenvalue weighted by molar-refractivity contribution is 5.96. The standard InChI is InChI=1S/C15H22N2O3/c1-11-6-4-5-7-13(11)17(9-8-14(18)19)15(20)12(2)10-16-3/h4-7,12,16H,8-10H2,1-3H3,(H,18,19). The maximum Gasteiger partial charge on any atom is 0.305 e. The van der Waals surface area contributed by atoms with Crippen LogP contribution in [0.2, 0.25) is 0 Å². The van der Waals surface area contributed by atoms with Crippen LogP contribution < -0.4 is 10.2 Å². The number of aliphatic carboxylic acids is 1. The van der Waals surface area contributed by atoms with Crippen LogP contribution in [0.25, 0.3) is 0 Å². The summed E-state index contributed by atoms with van der Waals surface area (Å²) >= 11 is 0. The molecule has 0 aliphatic heterocycles. The van der Waals surface area contributed by atoms with Crippen LogP contribution in [0, 0.1) is 12.8 Å². The summed E-state index contributed by atoms with van der Waals surface area (Å²) in [5.74, 6) is -1.17. The lowest BCUT2D eigenvalue weighted by atomic mass is 10.1. The van der Waals surface area contributed by atoms with Crippen molar-refractivity contribution < 1.29 is 14.7 Å². The summed E-state index contributed by atoms with van der Waals surface area (Å²) in [6, 6.07) is 7.52. The minimum Gasteiger partial charge on any atom is -0.481 e. The summed E-state index contributed by atoms with van der Waals surface area (Å²) in [6.07, 6.45) is -0.0631. The fourth-order valence-corrected chi connectivity index (χ4v) is 2.08. The third-order valence-corrected chi connectivity index (χ3v) is 3.15. The van der Waals surface area contributed by atoms with Crippen LogP contribution in [0.3, 0.4) is 0 Å². The molecule has 0 aromatic heterocycles. The van der Waals surface area contributed by atoms with Gasteiger partial charge in [-0.05, 0) is 25.6 Å². The topological polar surface area (TPSA) is 69.6 Å². The van der Waals surface area contributed by atoms with Crippen LogP contribution in [0.15, 0.2) is 24.3 Å². The molecule has 1 unspecified atom stereocenters. The molecule has 0 saturated carbocycles. The van der Waals surface area contributed by atoms with E-state index in [-0.39, 0.29) is 24.8 Å². The van der Waals surface area contributed by atoms with Crippen LogP contribution >= 0.6 is 0 Å². The summed E-state index contributed by atoms with van der Waals surface area (Å²) in [5.41, 5.74) is 1.74. The van der Waals surface area contributed by atoms with Gasteiger partial charge >= 0.3 is 5.97 Å². The quantitative estimate of drug-likeness (QED) is 0.796. The average Bonchev–Trinajstić information content (AvgIpc) is 2.40. The number of rotatable bonds is 7. The van der Waals surface area contributed by atoms with Gasteiger partial charge in [0.2, 0.25) is 5.91 Å². The van der Waals surface area contributed by atoms with E-state index in [1.807, 2.05) is 38.1 Å². The zero-order chi connectivity index (χ0) is 15.1. The molecule has 0 bridgehead atoms. The fraction of sp³-hybridized carbons (Fsp3) is 0.467. The Morgan fingerprint density at radius 1 is 1.35 bits per heavy atom. The number of carboxylic acid groups (broad SMARTS) is 1. The van der Waals surface area contributed by atoms with Crippen LogP contribution in [0.5, 0.6) is 0 Å². The number of carbonyl (C=O) groups is 2. The maximum absolute atomic E-state index is 12.5. The second-order valence-electron chi connectivity index (χ2n) is 4.88. The van der Waals surface area contributed by atoms with E-state index in [1.54, 1.807) is 11.9 Å². The molecule has 0 aliphatic carbocycles. The SMILES string of the molecule is CNCC(C)C(=O)N(CCC(=O)O)c1ccccc1C. The number of hydrogen-bond donors (Lipinski definition) is 2. The van der Waals surface area contributed by atoms with Gasteiger partial charge in [0, 0.05) is 24.7 Å². The van der Waals surface area contributed by atoms with Crippen molar-refractivity contribution in [2.75, 3.05) is 25.0 Å². The third kappa shape index (κ3) is 4.35. The molecule has 110 valence electrons. The van der Waals surface area contributed by atoms with Crippen molar-refractivity contribution in [2.24, 2.45) is 5.92 Å². The maximum atomic E-state index is 12.5. The fourth-order valence-electron chi connectivity index (χ4n) is 2.08. The first-order valence-electron chi connectivity index (χ1n) is 6.70. The summed E-state index contributed by atoms with van der Waals surface area (Å²) in [4.78, 5) is 24.9. The first-order chi connectivity index (χ1) is 9.47. The van der Waals surface area contributed by atoms with Crippen molar-refractivity contribution in [3.63, 3.8) is 0 Å². The van der Waals surface area contributed by atoms with E-state index >= 15 is 0 Å². The molecule has 2 N–H and O–H groups in total. The molecule has 0 spiro atoms. The van der Waals surface area contributed by atoms with Gasteiger partial charge < -0.3 is 15.3 Å². The zero-order valence-electron chi connectivity index (χ0n) is 12.2. The Labute approximate surface area is 119 Å². The minimum absolute atomic E-state index is 0.0603.